The smallest absolute Gasteiger partial charge is 0.278 e. The number of amides is 1. The number of nitrogens with zero attached hydrogens (tertiary/aromatic N) is 1. The molecule has 2 N–H and O–H groups in total. The Morgan fingerprint density at radius 3 is 3.15 bits per heavy atom. The Morgan fingerprint density at radius 2 is 2.54 bits per heavy atom. The largest absolute Gasteiger partial charge is 0.382 e. The predicted molar refractivity (Wildman–Crippen MR) is 43.9 cm³/mol. The van der Waals surface area contributed by atoms with Crippen LogP contribution in [0.3, 0.4) is 0 Å². The second kappa shape index (κ2) is 5.28. The van der Waals surface area contributed by atoms with Crippen molar-refractivity contribution in [2.75, 3.05) is 20.3 Å². The quantitative estimate of drug-likeness (QED) is 0.488. The maximum atomic E-state index is 11.1. The minimum absolute atomic E-state index is 0.320. The van der Waals surface area contributed by atoms with Crippen LogP contribution in [-0.2, 0) is 9.57 Å². The lowest BCUT2D eigenvalue weighted by atomic mass is 10.4. The highest BCUT2D eigenvalue weighted by molar-refractivity contribution is 5.92. The molecule has 0 radical (unpaired) electrons. The summed E-state index contributed by atoms with van der Waals surface area (Å²) in [6.45, 7) is 0.756. The molecule has 0 aromatic carbocycles. The lowest BCUT2D eigenvalue weighted by Crippen LogP contribution is -2.24. The van der Waals surface area contributed by atoms with Crippen LogP contribution >= 0.6 is 0 Å². The fourth-order valence-electron chi connectivity index (χ4n) is 0.676. The zero-order valence-corrected chi connectivity index (χ0v) is 7.24. The van der Waals surface area contributed by atoms with Gasteiger partial charge in [0.25, 0.3) is 5.91 Å². The van der Waals surface area contributed by atoms with Crippen molar-refractivity contribution in [3.8, 4) is 0 Å². The van der Waals surface area contributed by atoms with E-state index < -0.39 is 0 Å². The van der Waals surface area contributed by atoms with E-state index in [-0.39, 0.29) is 5.91 Å². The summed E-state index contributed by atoms with van der Waals surface area (Å²) in [6.07, 6.45) is 2.89. The minimum atomic E-state index is -0.329. The van der Waals surface area contributed by atoms with Gasteiger partial charge >= 0.3 is 0 Å². The van der Waals surface area contributed by atoms with Gasteiger partial charge in [0.15, 0.2) is 0 Å². The molecule has 0 atom stereocenters. The third kappa shape index (κ3) is 3.22. The van der Waals surface area contributed by atoms with E-state index in [0.717, 1.165) is 0 Å². The summed E-state index contributed by atoms with van der Waals surface area (Å²) < 4.78 is 4.72. The highest BCUT2D eigenvalue weighted by Crippen LogP contribution is 1.92. The van der Waals surface area contributed by atoms with Gasteiger partial charge in [0.05, 0.1) is 25.0 Å². The second-order valence-electron chi connectivity index (χ2n) is 2.26. The first kappa shape index (κ1) is 9.69. The SMILES string of the molecule is COCCONC(=O)c1cn[nH]c1. The Balaban J connectivity index is 2.19. The van der Waals surface area contributed by atoms with Crippen molar-refractivity contribution in [1.29, 1.82) is 0 Å². The molecule has 0 unspecified atom stereocenters. The summed E-state index contributed by atoms with van der Waals surface area (Å²) in [5.41, 5.74) is 2.67. The van der Waals surface area contributed by atoms with Gasteiger partial charge in [-0.25, -0.2) is 5.48 Å². The molecule has 0 aliphatic rings. The van der Waals surface area contributed by atoms with Gasteiger partial charge in [0.2, 0.25) is 0 Å². The first-order valence-electron chi connectivity index (χ1n) is 3.74. The molecular weight excluding hydrogens is 174 g/mol. The van der Waals surface area contributed by atoms with Gasteiger partial charge in [0, 0.05) is 13.3 Å². The van der Waals surface area contributed by atoms with Gasteiger partial charge in [-0.15, -0.1) is 0 Å². The van der Waals surface area contributed by atoms with Gasteiger partial charge < -0.3 is 4.74 Å². The van der Waals surface area contributed by atoms with E-state index in [4.69, 9.17) is 9.57 Å². The molecule has 0 saturated carbocycles. The second-order valence-corrected chi connectivity index (χ2v) is 2.26. The molecule has 0 spiro atoms. The summed E-state index contributed by atoms with van der Waals surface area (Å²) in [5.74, 6) is -0.329. The van der Waals surface area contributed by atoms with Crippen molar-refractivity contribution < 1.29 is 14.4 Å². The van der Waals surface area contributed by atoms with Crippen LogP contribution < -0.4 is 5.48 Å². The first-order chi connectivity index (χ1) is 6.34. The molecule has 0 fully saturated rings. The summed E-state index contributed by atoms with van der Waals surface area (Å²) >= 11 is 0. The number of aromatic nitrogens is 2. The number of hydroxylamine groups is 1. The van der Waals surface area contributed by atoms with Crippen LogP contribution in [0.1, 0.15) is 10.4 Å². The third-order valence-corrected chi connectivity index (χ3v) is 1.31. The Morgan fingerprint density at radius 1 is 1.69 bits per heavy atom. The summed E-state index contributed by atoms with van der Waals surface area (Å²) in [6, 6.07) is 0. The fourth-order valence-corrected chi connectivity index (χ4v) is 0.676. The van der Waals surface area contributed by atoms with Crippen LogP contribution in [0.2, 0.25) is 0 Å². The molecule has 0 aliphatic heterocycles. The topological polar surface area (TPSA) is 76.2 Å². The lowest BCUT2D eigenvalue weighted by Gasteiger charge is -2.02. The molecule has 0 aliphatic carbocycles. The standard InChI is InChI=1S/C7H11N3O3/c1-12-2-3-13-10-7(11)6-4-8-9-5-6/h4-5H,2-3H2,1H3,(H,8,9)(H,10,11). The molecule has 6 heteroatoms. The minimum Gasteiger partial charge on any atom is -0.382 e. The molecule has 0 bridgehead atoms. The van der Waals surface area contributed by atoms with Gasteiger partial charge in [-0.1, -0.05) is 0 Å². The maximum Gasteiger partial charge on any atom is 0.278 e. The van der Waals surface area contributed by atoms with Gasteiger partial charge in [0.1, 0.15) is 0 Å². The number of aromatic amines is 1. The molecule has 1 aromatic rings. The number of ether oxygens (including phenoxy) is 1. The van der Waals surface area contributed by atoms with E-state index in [1.807, 2.05) is 0 Å². The lowest BCUT2D eigenvalue weighted by molar-refractivity contribution is 0.00889. The van der Waals surface area contributed by atoms with E-state index in [2.05, 4.69) is 15.7 Å². The van der Waals surface area contributed by atoms with Crippen LogP contribution in [0.5, 0.6) is 0 Å². The fraction of sp³-hybridized carbons (Fsp3) is 0.429. The number of H-pyrrole nitrogens is 1. The molecule has 1 amide bonds. The van der Waals surface area contributed by atoms with E-state index in [1.165, 1.54) is 12.4 Å². The van der Waals surface area contributed by atoms with Crippen LogP contribution in [0.25, 0.3) is 0 Å². The average Bonchev–Trinajstić information content (AvgIpc) is 2.65. The van der Waals surface area contributed by atoms with Crippen molar-refractivity contribution >= 4 is 5.91 Å². The van der Waals surface area contributed by atoms with Gasteiger partial charge in [-0.05, 0) is 0 Å². The van der Waals surface area contributed by atoms with Crippen molar-refractivity contribution in [2.24, 2.45) is 0 Å². The Bertz CT molecular complexity index is 247. The van der Waals surface area contributed by atoms with Crippen molar-refractivity contribution in [2.45, 2.75) is 0 Å². The monoisotopic (exact) mass is 185 g/mol. The molecule has 72 valence electrons. The molecule has 13 heavy (non-hydrogen) atoms. The van der Waals surface area contributed by atoms with E-state index >= 15 is 0 Å². The van der Waals surface area contributed by atoms with Crippen LogP contribution in [-0.4, -0.2) is 36.4 Å². The molecular formula is C7H11N3O3. The molecule has 0 saturated heterocycles. The summed E-state index contributed by atoms with van der Waals surface area (Å²) in [4.78, 5) is 15.9. The Kier molecular flexibility index (Phi) is 3.94. The molecule has 6 nitrogen and oxygen atoms in total. The van der Waals surface area contributed by atoms with E-state index in [1.54, 1.807) is 7.11 Å². The van der Waals surface area contributed by atoms with E-state index in [9.17, 15) is 4.79 Å². The van der Waals surface area contributed by atoms with Crippen LogP contribution in [0, 0.1) is 0 Å². The maximum absolute atomic E-state index is 11.1. The van der Waals surface area contributed by atoms with Gasteiger partial charge in [-0.3, -0.25) is 14.7 Å². The number of hydrogen-bond donors (Lipinski definition) is 2. The number of nitrogens with one attached hydrogen (secondary N) is 2. The van der Waals surface area contributed by atoms with Crippen molar-refractivity contribution in [1.82, 2.24) is 15.7 Å². The average molecular weight is 185 g/mol. The van der Waals surface area contributed by atoms with Crippen LogP contribution in [0.4, 0.5) is 0 Å². The Labute approximate surface area is 75.2 Å². The highest BCUT2D eigenvalue weighted by Gasteiger charge is 2.04. The molecule has 1 aromatic heterocycles. The number of carbonyl (C=O) groups excluding carboxylic acids is 1. The molecule has 1 heterocycles. The predicted octanol–water partition coefficient (Wildman–Crippen LogP) is -0.283. The van der Waals surface area contributed by atoms with Crippen molar-refractivity contribution in [3.05, 3.63) is 18.0 Å². The number of rotatable bonds is 5. The number of methoxy groups -OCH3 is 1. The van der Waals surface area contributed by atoms with Crippen molar-refractivity contribution in [3.63, 3.8) is 0 Å². The highest BCUT2D eigenvalue weighted by atomic mass is 16.7. The third-order valence-electron chi connectivity index (χ3n) is 1.31. The number of carbonyl (C=O) groups is 1. The van der Waals surface area contributed by atoms with Gasteiger partial charge in [-0.2, -0.15) is 5.10 Å². The van der Waals surface area contributed by atoms with E-state index in [0.29, 0.717) is 18.8 Å². The Hall–Kier alpha value is -1.40. The first-order valence-corrected chi connectivity index (χ1v) is 3.74. The van der Waals surface area contributed by atoms with Crippen LogP contribution in [0.15, 0.2) is 12.4 Å². The normalized spacial score (nSPS) is 9.92. The molecule has 1 rings (SSSR count). The number of hydrogen-bond acceptors (Lipinski definition) is 4. The summed E-state index contributed by atoms with van der Waals surface area (Å²) in [7, 11) is 1.56. The zero-order chi connectivity index (χ0) is 9.52. The zero-order valence-electron chi connectivity index (χ0n) is 7.24. The summed E-state index contributed by atoms with van der Waals surface area (Å²) in [5, 5.41) is 6.14.